The minimum atomic E-state index is -0.548. The number of rotatable bonds is 7. The van der Waals surface area contributed by atoms with Crippen molar-refractivity contribution in [3.05, 3.63) is 58.0 Å². The number of imide groups is 1. The van der Waals surface area contributed by atoms with Crippen LogP contribution < -0.4 is 14.8 Å². The van der Waals surface area contributed by atoms with Crippen molar-refractivity contribution in [2.24, 2.45) is 0 Å². The number of hydrogen-bond donors (Lipinski definition) is 1. The summed E-state index contributed by atoms with van der Waals surface area (Å²) in [5, 5.41) is 2.63. The van der Waals surface area contributed by atoms with Crippen LogP contribution in [0.5, 0.6) is 11.5 Å². The first-order valence-electron chi connectivity index (χ1n) is 8.96. The minimum absolute atomic E-state index is 0.0900. The van der Waals surface area contributed by atoms with E-state index < -0.39 is 23.6 Å². The minimum Gasteiger partial charge on any atom is -0.493 e. The summed E-state index contributed by atoms with van der Waals surface area (Å²) < 4.78 is 10.7. The molecule has 9 heteroatoms. The molecule has 0 radical (unpaired) electrons. The summed E-state index contributed by atoms with van der Waals surface area (Å²) in [6.45, 7) is -0.306. The zero-order valence-corrected chi connectivity index (χ0v) is 18.0. The van der Waals surface area contributed by atoms with Gasteiger partial charge in [0.1, 0.15) is 13.2 Å². The Morgan fingerprint density at radius 1 is 1.23 bits per heavy atom. The van der Waals surface area contributed by atoms with Crippen molar-refractivity contribution in [2.75, 3.05) is 25.6 Å². The van der Waals surface area contributed by atoms with Gasteiger partial charge in [0.05, 0.1) is 12.0 Å². The first-order chi connectivity index (χ1) is 14.9. The van der Waals surface area contributed by atoms with Crippen LogP contribution >= 0.6 is 23.4 Å². The third-order valence-corrected chi connectivity index (χ3v) is 5.26. The number of ether oxygens (including phenoxy) is 2. The van der Waals surface area contributed by atoms with E-state index >= 15 is 0 Å². The summed E-state index contributed by atoms with van der Waals surface area (Å²) >= 11 is 6.58. The summed E-state index contributed by atoms with van der Waals surface area (Å²) in [7, 11) is 1.48. The predicted octanol–water partition coefficient (Wildman–Crippen LogP) is 4.04. The molecule has 1 heterocycles. The Bertz CT molecular complexity index is 1090. The van der Waals surface area contributed by atoms with Crippen molar-refractivity contribution in [3.63, 3.8) is 0 Å². The molecule has 0 bridgehead atoms. The fraction of sp³-hybridized carbons (Fsp3) is 0.136. The van der Waals surface area contributed by atoms with Gasteiger partial charge in [-0.1, -0.05) is 23.6 Å². The van der Waals surface area contributed by atoms with E-state index in [1.807, 2.05) is 0 Å². The second kappa shape index (κ2) is 10.1. The lowest BCUT2D eigenvalue weighted by molar-refractivity contribution is -0.127. The van der Waals surface area contributed by atoms with Crippen LogP contribution in [0.4, 0.5) is 10.5 Å². The van der Waals surface area contributed by atoms with Gasteiger partial charge in [-0.25, -0.2) is 0 Å². The number of carbonyl (C=O) groups is 3. The van der Waals surface area contributed by atoms with Gasteiger partial charge in [-0.15, -0.1) is 6.42 Å². The molecule has 0 unspecified atom stereocenters. The largest absolute Gasteiger partial charge is 0.493 e. The van der Waals surface area contributed by atoms with Gasteiger partial charge >= 0.3 is 0 Å². The van der Waals surface area contributed by atoms with Crippen LogP contribution in [0.1, 0.15) is 5.56 Å². The van der Waals surface area contributed by atoms with E-state index in [2.05, 4.69) is 11.2 Å². The van der Waals surface area contributed by atoms with Gasteiger partial charge in [0.15, 0.2) is 11.5 Å². The SMILES string of the molecule is C#CCOc1ccc(/C=C2\SC(=O)N(CC(=O)Nc3ccc(Cl)cc3)C2=O)cc1OC. The number of halogens is 1. The molecule has 7 nitrogen and oxygen atoms in total. The highest BCUT2D eigenvalue weighted by Gasteiger charge is 2.36. The maximum atomic E-state index is 12.7. The van der Waals surface area contributed by atoms with E-state index in [9.17, 15) is 14.4 Å². The number of carbonyl (C=O) groups excluding carboxylic acids is 3. The van der Waals surface area contributed by atoms with Crippen LogP contribution in [0.3, 0.4) is 0 Å². The normalized spacial score (nSPS) is 14.5. The van der Waals surface area contributed by atoms with Crippen LogP contribution in [0.2, 0.25) is 5.02 Å². The van der Waals surface area contributed by atoms with Crippen LogP contribution in [-0.2, 0) is 9.59 Å². The number of terminal acetylenes is 1. The maximum Gasteiger partial charge on any atom is 0.294 e. The molecule has 1 aliphatic heterocycles. The Morgan fingerprint density at radius 2 is 1.97 bits per heavy atom. The van der Waals surface area contributed by atoms with Crippen LogP contribution in [0.15, 0.2) is 47.4 Å². The van der Waals surface area contributed by atoms with E-state index in [0.29, 0.717) is 27.8 Å². The molecule has 3 amide bonds. The highest BCUT2D eigenvalue weighted by Crippen LogP contribution is 2.34. The smallest absolute Gasteiger partial charge is 0.294 e. The summed E-state index contributed by atoms with van der Waals surface area (Å²) in [5.74, 6) is 2.22. The van der Waals surface area contributed by atoms with Gasteiger partial charge in [0.25, 0.3) is 11.1 Å². The average Bonchev–Trinajstić information content (AvgIpc) is 3.01. The van der Waals surface area contributed by atoms with Crippen LogP contribution in [0.25, 0.3) is 6.08 Å². The molecule has 2 aromatic rings. The van der Waals surface area contributed by atoms with Gasteiger partial charge in [-0.05, 0) is 59.8 Å². The molecule has 0 aromatic heterocycles. The fourth-order valence-corrected chi connectivity index (χ4v) is 3.64. The van der Waals surface area contributed by atoms with Crippen molar-refractivity contribution in [3.8, 4) is 23.8 Å². The molecule has 0 atom stereocenters. The Hall–Kier alpha value is -3.41. The summed E-state index contributed by atoms with van der Waals surface area (Å²) in [6.07, 6.45) is 6.75. The first kappa shape index (κ1) is 22.3. The van der Waals surface area contributed by atoms with E-state index in [0.717, 1.165) is 16.7 Å². The number of hydrogen-bond acceptors (Lipinski definition) is 6. The number of nitrogens with zero attached hydrogens (tertiary/aromatic N) is 1. The van der Waals surface area contributed by atoms with Gasteiger partial charge in [0, 0.05) is 10.7 Å². The molecule has 1 N–H and O–H groups in total. The molecule has 2 aromatic carbocycles. The molecule has 31 heavy (non-hydrogen) atoms. The Labute approximate surface area is 188 Å². The number of benzene rings is 2. The molecule has 0 spiro atoms. The van der Waals surface area contributed by atoms with Crippen LogP contribution in [0, 0.1) is 12.3 Å². The van der Waals surface area contributed by atoms with Crippen molar-refractivity contribution in [1.82, 2.24) is 4.90 Å². The van der Waals surface area contributed by atoms with Crippen LogP contribution in [-0.4, -0.2) is 42.2 Å². The Balaban J connectivity index is 1.70. The number of thioether (sulfide) groups is 1. The molecule has 158 valence electrons. The average molecular weight is 457 g/mol. The number of methoxy groups -OCH3 is 1. The molecule has 3 rings (SSSR count). The zero-order valence-electron chi connectivity index (χ0n) is 16.4. The lowest BCUT2D eigenvalue weighted by atomic mass is 10.2. The summed E-state index contributed by atoms with van der Waals surface area (Å²) in [5.41, 5.74) is 1.14. The van der Waals surface area contributed by atoms with Gasteiger partial charge in [-0.2, -0.15) is 0 Å². The van der Waals surface area contributed by atoms with E-state index in [-0.39, 0.29) is 11.5 Å². The van der Waals surface area contributed by atoms with E-state index in [1.165, 1.54) is 7.11 Å². The maximum absolute atomic E-state index is 12.7. The van der Waals surface area contributed by atoms with E-state index in [4.69, 9.17) is 27.5 Å². The standard InChI is InChI=1S/C22H17ClN2O5S/c1-3-10-30-17-9-4-14(11-18(17)29-2)12-19-21(27)25(22(28)31-19)13-20(26)24-16-7-5-15(23)6-8-16/h1,4-9,11-12H,10,13H2,2H3,(H,24,26)/b19-12-. The van der Waals surface area contributed by atoms with Gasteiger partial charge in [-0.3, -0.25) is 19.3 Å². The van der Waals surface area contributed by atoms with Crippen molar-refractivity contribution in [1.29, 1.82) is 0 Å². The molecular weight excluding hydrogens is 440 g/mol. The molecular formula is C22H17ClN2O5S. The van der Waals surface area contributed by atoms with Gasteiger partial charge < -0.3 is 14.8 Å². The number of nitrogens with one attached hydrogen (secondary N) is 1. The molecule has 1 fully saturated rings. The van der Waals surface area contributed by atoms with E-state index in [1.54, 1.807) is 48.5 Å². The molecule has 1 saturated heterocycles. The second-order valence-corrected chi connectivity index (χ2v) is 7.66. The number of amides is 3. The molecule has 0 saturated carbocycles. The van der Waals surface area contributed by atoms with Gasteiger partial charge in [0.2, 0.25) is 5.91 Å². The monoisotopic (exact) mass is 456 g/mol. The lowest BCUT2D eigenvalue weighted by Gasteiger charge is -2.12. The third-order valence-electron chi connectivity index (χ3n) is 4.10. The highest BCUT2D eigenvalue weighted by molar-refractivity contribution is 8.18. The molecule has 1 aliphatic rings. The third kappa shape index (κ3) is 5.60. The summed E-state index contributed by atoms with van der Waals surface area (Å²) in [6, 6.07) is 11.5. The summed E-state index contributed by atoms with van der Waals surface area (Å²) in [4.78, 5) is 38.3. The topological polar surface area (TPSA) is 84.9 Å². The zero-order chi connectivity index (χ0) is 22.4. The van der Waals surface area contributed by atoms with Crippen molar-refractivity contribution in [2.45, 2.75) is 0 Å². The Morgan fingerprint density at radius 3 is 2.65 bits per heavy atom. The second-order valence-electron chi connectivity index (χ2n) is 6.23. The van der Waals surface area contributed by atoms with Crippen molar-refractivity contribution >= 4 is 52.2 Å². The van der Waals surface area contributed by atoms with Crippen molar-refractivity contribution < 1.29 is 23.9 Å². The predicted molar refractivity (Wildman–Crippen MR) is 120 cm³/mol. The Kier molecular flexibility index (Phi) is 7.23. The first-order valence-corrected chi connectivity index (χ1v) is 10.2. The number of anilines is 1. The fourth-order valence-electron chi connectivity index (χ4n) is 2.68. The highest BCUT2D eigenvalue weighted by atomic mass is 35.5. The lowest BCUT2D eigenvalue weighted by Crippen LogP contribution is -2.36. The molecule has 0 aliphatic carbocycles. The quantitative estimate of drug-likeness (QED) is 0.500.